The van der Waals surface area contributed by atoms with Crippen LogP contribution < -0.4 is 15.0 Å². The molecule has 3 aromatic heterocycles. The van der Waals surface area contributed by atoms with Crippen LogP contribution in [0.15, 0.2) is 30.5 Å². The summed E-state index contributed by atoms with van der Waals surface area (Å²) in [6.07, 6.45) is -6.04. The zero-order chi connectivity index (χ0) is 25.0. The molecule has 1 aliphatic carbocycles. The second-order valence-corrected chi connectivity index (χ2v) is 9.00. The summed E-state index contributed by atoms with van der Waals surface area (Å²) in [5.41, 5.74) is 0.667. The molecule has 188 valence electrons. The van der Waals surface area contributed by atoms with Crippen molar-refractivity contribution < 1.29 is 31.1 Å². The fourth-order valence-electron chi connectivity index (χ4n) is 4.98. The highest BCUT2D eigenvalue weighted by molar-refractivity contribution is 5.53. The molecule has 13 heteroatoms. The Labute approximate surface area is 196 Å². The number of ether oxygens (including phenoxy) is 1. The molecular formula is C22H22F6N6O. The number of aromatic nitrogens is 4. The van der Waals surface area contributed by atoms with Gasteiger partial charge in [0.1, 0.15) is 5.69 Å². The number of anilines is 2. The summed E-state index contributed by atoms with van der Waals surface area (Å²) < 4.78 is 83.3. The van der Waals surface area contributed by atoms with Crippen molar-refractivity contribution in [3.05, 3.63) is 41.7 Å². The number of nitrogens with one attached hydrogen (secondary N) is 1. The quantitative estimate of drug-likeness (QED) is 0.512. The molecular weight excluding hydrogens is 478 g/mol. The summed E-state index contributed by atoms with van der Waals surface area (Å²) >= 11 is 0. The first-order valence-corrected chi connectivity index (χ1v) is 11.1. The third kappa shape index (κ3) is 4.80. The van der Waals surface area contributed by atoms with E-state index in [1.807, 2.05) is 4.90 Å². The van der Waals surface area contributed by atoms with Gasteiger partial charge in [-0.25, -0.2) is 0 Å². The predicted molar refractivity (Wildman–Crippen MR) is 114 cm³/mol. The van der Waals surface area contributed by atoms with Gasteiger partial charge in [-0.15, -0.1) is 5.10 Å². The Balaban J connectivity index is 1.33. The van der Waals surface area contributed by atoms with Crippen molar-refractivity contribution in [1.29, 1.82) is 0 Å². The highest BCUT2D eigenvalue weighted by Gasteiger charge is 2.43. The lowest BCUT2D eigenvalue weighted by Gasteiger charge is -2.39. The van der Waals surface area contributed by atoms with Crippen LogP contribution in [0.3, 0.4) is 0 Å². The van der Waals surface area contributed by atoms with Gasteiger partial charge in [0.15, 0.2) is 12.3 Å². The first-order valence-electron chi connectivity index (χ1n) is 11.1. The zero-order valence-electron chi connectivity index (χ0n) is 18.6. The summed E-state index contributed by atoms with van der Waals surface area (Å²) in [6.45, 7) is 1.44. The van der Waals surface area contributed by atoms with Crippen molar-refractivity contribution in [2.45, 2.75) is 38.2 Å². The average molecular weight is 500 g/mol. The monoisotopic (exact) mass is 500 g/mol. The molecule has 2 aliphatic rings. The van der Waals surface area contributed by atoms with Crippen LogP contribution in [0, 0.1) is 18.8 Å². The summed E-state index contributed by atoms with van der Waals surface area (Å²) in [7, 11) is 0. The van der Waals surface area contributed by atoms with Crippen molar-refractivity contribution in [2.24, 2.45) is 11.8 Å². The summed E-state index contributed by atoms with van der Waals surface area (Å²) in [6, 6.07) is 5.68. The Morgan fingerprint density at radius 1 is 1.06 bits per heavy atom. The van der Waals surface area contributed by atoms with Crippen LogP contribution in [0.2, 0.25) is 0 Å². The van der Waals surface area contributed by atoms with E-state index < -0.39 is 24.7 Å². The summed E-state index contributed by atoms with van der Waals surface area (Å²) in [5.74, 6) is 0.490. The molecule has 35 heavy (non-hydrogen) atoms. The highest BCUT2D eigenvalue weighted by atomic mass is 19.4. The molecule has 0 radical (unpaired) electrons. The van der Waals surface area contributed by atoms with Gasteiger partial charge in [0.05, 0.1) is 0 Å². The van der Waals surface area contributed by atoms with Crippen molar-refractivity contribution >= 4 is 17.3 Å². The van der Waals surface area contributed by atoms with Crippen LogP contribution in [-0.4, -0.2) is 51.5 Å². The molecule has 5 rings (SSSR count). The fraction of sp³-hybridized carbons (Fsp3) is 0.500. The molecule has 2 bridgehead atoms. The lowest BCUT2D eigenvalue weighted by Crippen LogP contribution is -2.48. The molecule has 1 saturated heterocycles. The molecule has 7 nitrogen and oxygen atoms in total. The number of hydrogen-bond acceptors (Lipinski definition) is 6. The van der Waals surface area contributed by atoms with Crippen LogP contribution in [0.4, 0.5) is 38.0 Å². The number of rotatable bonds is 5. The van der Waals surface area contributed by atoms with E-state index in [4.69, 9.17) is 4.74 Å². The molecule has 3 atom stereocenters. The van der Waals surface area contributed by atoms with E-state index in [-0.39, 0.29) is 29.7 Å². The third-order valence-corrected chi connectivity index (χ3v) is 6.56. The number of halogens is 6. The van der Waals surface area contributed by atoms with E-state index in [9.17, 15) is 26.3 Å². The maximum Gasteiger partial charge on any atom is 0.433 e. The Morgan fingerprint density at radius 3 is 2.43 bits per heavy atom. The second kappa shape index (κ2) is 8.45. The van der Waals surface area contributed by atoms with Gasteiger partial charge >= 0.3 is 12.4 Å². The predicted octanol–water partition coefficient (Wildman–Crippen LogP) is 4.72. The molecule has 0 spiro atoms. The minimum absolute atomic E-state index is 0.00700. The minimum Gasteiger partial charge on any atom is -0.468 e. The smallest absolute Gasteiger partial charge is 0.433 e. The lowest BCUT2D eigenvalue weighted by molar-refractivity contribution is -0.154. The average Bonchev–Trinajstić information content (AvgIpc) is 3.30. The van der Waals surface area contributed by atoms with Gasteiger partial charge in [0.25, 0.3) is 0 Å². The van der Waals surface area contributed by atoms with E-state index >= 15 is 0 Å². The maximum atomic E-state index is 13.1. The second-order valence-electron chi connectivity index (χ2n) is 9.00. The van der Waals surface area contributed by atoms with Crippen LogP contribution in [0.25, 0.3) is 5.65 Å². The van der Waals surface area contributed by atoms with Crippen molar-refractivity contribution in [3.63, 3.8) is 0 Å². The normalized spacial score (nSPS) is 22.6. The van der Waals surface area contributed by atoms with Crippen LogP contribution >= 0.6 is 0 Å². The lowest BCUT2D eigenvalue weighted by atomic mass is 9.92. The van der Waals surface area contributed by atoms with Crippen LogP contribution in [0.1, 0.15) is 24.1 Å². The SMILES string of the molecule is Cc1ccc(OCC(F)(F)F)n2nc(NC3C4CC[C@H]3CN(c3ccnc(C(F)(F)F)c3)C4)nc12. The Hall–Kier alpha value is -3.25. The molecule has 2 unspecified atom stereocenters. The van der Waals surface area contributed by atoms with Gasteiger partial charge in [0.2, 0.25) is 11.8 Å². The van der Waals surface area contributed by atoms with Gasteiger partial charge in [-0.1, -0.05) is 6.07 Å². The van der Waals surface area contributed by atoms with Gasteiger partial charge in [-0.2, -0.15) is 35.8 Å². The molecule has 3 aromatic rings. The van der Waals surface area contributed by atoms with Gasteiger partial charge in [0, 0.05) is 37.1 Å². The molecule has 1 saturated carbocycles. The molecule has 1 aliphatic heterocycles. The molecule has 1 N–H and O–H groups in total. The first kappa shape index (κ1) is 23.5. The summed E-state index contributed by atoms with van der Waals surface area (Å²) in [5, 5.41) is 7.66. The van der Waals surface area contributed by atoms with Crippen molar-refractivity contribution in [2.75, 3.05) is 29.9 Å². The van der Waals surface area contributed by atoms with E-state index in [1.54, 1.807) is 19.1 Å². The molecule has 0 aromatic carbocycles. The third-order valence-electron chi connectivity index (χ3n) is 6.56. The van der Waals surface area contributed by atoms with Crippen LogP contribution in [0.5, 0.6) is 5.88 Å². The number of piperidine rings is 1. The van der Waals surface area contributed by atoms with Gasteiger partial charge < -0.3 is 15.0 Å². The van der Waals surface area contributed by atoms with Gasteiger partial charge in [-0.05, 0) is 49.3 Å². The van der Waals surface area contributed by atoms with E-state index in [2.05, 4.69) is 20.4 Å². The number of aryl methyl sites for hydroxylation is 1. The Kier molecular flexibility index (Phi) is 5.67. The zero-order valence-corrected chi connectivity index (χ0v) is 18.6. The number of pyridine rings is 2. The largest absolute Gasteiger partial charge is 0.468 e. The first-order chi connectivity index (χ1) is 16.5. The Morgan fingerprint density at radius 2 is 1.77 bits per heavy atom. The highest BCUT2D eigenvalue weighted by Crippen LogP contribution is 2.41. The van der Waals surface area contributed by atoms with E-state index in [0.29, 0.717) is 24.4 Å². The standard InChI is InChI=1S/C22H22F6N6O/c1-12-2-5-17(35-11-21(23,24)25)34-19(12)31-20(32-34)30-18-13-3-4-14(18)10-33(9-13)15-6-7-29-16(8-15)22(26,27)28/h2,5-8,13-14,18H,3-4,9-11H2,1H3,(H,30,32)/t13-,14?,18?/m0/s1. The van der Waals surface area contributed by atoms with E-state index in [0.717, 1.165) is 24.5 Å². The Bertz CT molecular complexity index is 1210. The molecule has 4 heterocycles. The van der Waals surface area contributed by atoms with E-state index in [1.165, 1.54) is 16.8 Å². The minimum atomic E-state index is -4.51. The topological polar surface area (TPSA) is 67.6 Å². The fourth-order valence-corrected chi connectivity index (χ4v) is 4.98. The number of alkyl halides is 6. The van der Waals surface area contributed by atoms with Crippen LogP contribution in [-0.2, 0) is 6.18 Å². The van der Waals surface area contributed by atoms with Crippen molar-refractivity contribution in [1.82, 2.24) is 19.6 Å². The molecule has 2 fully saturated rings. The number of hydrogen-bond donors (Lipinski definition) is 1. The number of nitrogens with zero attached hydrogens (tertiary/aromatic N) is 5. The van der Waals surface area contributed by atoms with Gasteiger partial charge in [-0.3, -0.25) is 4.98 Å². The number of fused-ring (bicyclic) bond motifs is 3. The molecule has 0 amide bonds. The van der Waals surface area contributed by atoms with Crippen molar-refractivity contribution in [3.8, 4) is 5.88 Å². The maximum absolute atomic E-state index is 13.1. The summed E-state index contributed by atoms with van der Waals surface area (Å²) in [4.78, 5) is 9.84.